The molecule has 0 aromatic carbocycles. The molecular weight excluding hydrogens is 862 g/mol. The van der Waals surface area contributed by atoms with E-state index in [0.29, 0.717) is 13.0 Å². The second-order valence-electron chi connectivity index (χ2n) is 15.5. The van der Waals surface area contributed by atoms with Gasteiger partial charge >= 0.3 is 19.8 Å². The Kier molecular flexibility index (Phi) is 46.2. The summed E-state index contributed by atoms with van der Waals surface area (Å²) in [5, 5.41) is 8.93. The van der Waals surface area contributed by atoms with Crippen LogP contribution in [0.3, 0.4) is 0 Å². The van der Waals surface area contributed by atoms with Gasteiger partial charge in [0.1, 0.15) is 12.1 Å². The second-order valence-corrected chi connectivity index (χ2v) is 16.9. The van der Waals surface area contributed by atoms with Crippen molar-refractivity contribution in [2.45, 2.75) is 154 Å². The van der Waals surface area contributed by atoms with Crippen molar-refractivity contribution in [3.05, 3.63) is 158 Å². The fraction of sp³-hybridized carbons (Fsp3) is 0.500. The number of carbonyl (C=O) groups excluding carboxylic acids is 1. The zero-order valence-electron chi connectivity index (χ0n) is 40.9. The lowest BCUT2D eigenvalue weighted by molar-refractivity contribution is -0.154. The molecule has 0 saturated carbocycles. The maximum Gasteiger partial charge on any atom is 0.472 e. The summed E-state index contributed by atoms with van der Waals surface area (Å²) in [5.74, 6) is -1.86. The van der Waals surface area contributed by atoms with Crippen LogP contribution in [0.4, 0.5) is 0 Å². The van der Waals surface area contributed by atoms with Crippen LogP contribution in [0, 0.1) is 0 Å². The minimum Gasteiger partial charge on any atom is -0.480 e. The summed E-state index contributed by atoms with van der Waals surface area (Å²) in [7, 11) is -4.66. The van der Waals surface area contributed by atoms with Gasteiger partial charge < -0.3 is 25.2 Å². The molecule has 0 bridgehead atoms. The molecule has 0 aliphatic rings. The van der Waals surface area contributed by atoms with Crippen molar-refractivity contribution in [3.8, 4) is 0 Å². The van der Waals surface area contributed by atoms with E-state index in [0.717, 1.165) is 116 Å². The fourth-order valence-corrected chi connectivity index (χ4v) is 6.36. The third kappa shape index (κ3) is 49.3. The molecule has 0 spiro atoms. The number of carboxylic acid groups (broad SMARTS) is 1. The van der Waals surface area contributed by atoms with E-state index in [9.17, 15) is 19.0 Å². The lowest BCUT2D eigenvalue weighted by atomic mass is 10.2. The maximum absolute atomic E-state index is 12.7. The molecular formula is C56H86NO9P. The van der Waals surface area contributed by atoms with Gasteiger partial charge in [-0.1, -0.05) is 172 Å². The van der Waals surface area contributed by atoms with Crippen molar-refractivity contribution in [1.29, 1.82) is 0 Å². The third-order valence-corrected chi connectivity index (χ3v) is 10.3. The Morgan fingerprint density at radius 3 is 1.16 bits per heavy atom. The first kappa shape index (κ1) is 62.6. The van der Waals surface area contributed by atoms with Crippen LogP contribution >= 0.6 is 7.82 Å². The first-order valence-electron chi connectivity index (χ1n) is 24.5. The van der Waals surface area contributed by atoms with Crippen LogP contribution in [0.1, 0.15) is 142 Å². The van der Waals surface area contributed by atoms with E-state index in [4.69, 9.17) is 29.4 Å². The molecule has 0 rings (SSSR count). The molecule has 67 heavy (non-hydrogen) atoms. The lowest BCUT2D eigenvalue weighted by Gasteiger charge is -2.20. The molecule has 0 saturated heterocycles. The van der Waals surface area contributed by atoms with Crippen LogP contribution < -0.4 is 5.73 Å². The number of aliphatic carboxylic acids is 1. The van der Waals surface area contributed by atoms with Gasteiger partial charge in [-0.15, -0.1) is 0 Å². The highest BCUT2D eigenvalue weighted by molar-refractivity contribution is 7.47. The number of phosphoric acid groups is 1. The van der Waals surface area contributed by atoms with Gasteiger partial charge in [-0.2, -0.15) is 0 Å². The summed E-state index contributed by atoms with van der Waals surface area (Å²) in [4.78, 5) is 33.7. The monoisotopic (exact) mass is 948 g/mol. The van der Waals surface area contributed by atoms with Crippen LogP contribution in [-0.2, 0) is 32.7 Å². The maximum atomic E-state index is 12.7. The van der Waals surface area contributed by atoms with Crippen LogP contribution in [-0.4, -0.2) is 60.5 Å². The number of allylic oxidation sites excluding steroid dienone is 26. The van der Waals surface area contributed by atoms with Crippen LogP contribution in [0.25, 0.3) is 0 Å². The van der Waals surface area contributed by atoms with Gasteiger partial charge in [0.05, 0.1) is 19.8 Å². The number of hydrogen-bond acceptors (Lipinski definition) is 8. The zero-order valence-corrected chi connectivity index (χ0v) is 41.8. The van der Waals surface area contributed by atoms with Gasteiger partial charge in [-0.25, -0.2) is 4.57 Å². The molecule has 0 heterocycles. The van der Waals surface area contributed by atoms with Crippen molar-refractivity contribution in [2.24, 2.45) is 5.73 Å². The average molecular weight is 948 g/mol. The number of unbranched alkanes of at least 4 members (excludes halogenated alkanes) is 4. The number of carbonyl (C=O) groups is 2. The van der Waals surface area contributed by atoms with E-state index >= 15 is 0 Å². The highest BCUT2D eigenvalue weighted by atomic mass is 31.2. The lowest BCUT2D eigenvalue weighted by Crippen LogP contribution is -2.34. The highest BCUT2D eigenvalue weighted by Gasteiger charge is 2.27. The Bertz CT molecular complexity index is 1660. The van der Waals surface area contributed by atoms with Gasteiger partial charge in [0.2, 0.25) is 0 Å². The molecule has 4 N–H and O–H groups in total. The summed E-state index contributed by atoms with van der Waals surface area (Å²) in [6.45, 7) is 3.45. The molecule has 0 fully saturated rings. The number of carboxylic acids is 1. The van der Waals surface area contributed by atoms with E-state index < -0.39 is 45.1 Å². The summed E-state index contributed by atoms with van der Waals surface area (Å²) >= 11 is 0. The summed E-state index contributed by atoms with van der Waals surface area (Å²) in [6.07, 6.45) is 73.1. The number of esters is 1. The predicted molar refractivity (Wildman–Crippen MR) is 281 cm³/mol. The minimum atomic E-state index is -4.66. The largest absolute Gasteiger partial charge is 0.480 e. The number of nitrogens with two attached hydrogens (primary N) is 1. The predicted octanol–water partition coefficient (Wildman–Crippen LogP) is 14.5. The Balaban J connectivity index is 4.41. The van der Waals surface area contributed by atoms with Gasteiger partial charge in [0.25, 0.3) is 0 Å². The van der Waals surface area contributed by atoms with Crippen LogP contribution in [0.15, 0.2) is 158 Å². The van der Waals surface area contributed by atoms with Gasteiger partial charge in [-0.3, -0.25) is 18.6 Å². The van der Waals surface area contributed by atoms with E-state index in [1.165, 1.54) is 0 Å². The standard InChI is InChI=1S/C56H86NO9P/c1-3-5-7-9-11-13-15-17-19-21-23-25-26-27-29-31-33-35-37-39-41-43-45-47-49-63-50-53(51-64-67(61,62)65-52-54(57)56(59)60)66-55(58)48-46-44-42-40-38-36-34-32-30-28-24-22-20-18-16-14-12-10-8-6-4-2/h5-8,11-14,17-20,23-25,27-29,32-35,38-41,53-54H,3-4,9-10,15-16,21-22,26,30-31,36-37,42-52,57H2,1-2H3,(H,59,60)(H,61,62)/b7-5-,8-6-,13-11-,14-12-,19-17-,20-18-,25-23-,28-24-,29-27-,34-32-,35-33-,40-38-,41-39-. The van der Waals surface area contributed by atoms with Gasteiger partial charge in [0.15, 0.2) is 0 Å². The Morgan fingerprint density at radius 2 is 0.806 bits per heavy atom. The molecule has 10 nitrogen and oxygen atoms in total. The molecule has 0 aromatic rings. The molecule has 0 radical (unpaired) electrons. The van der Waals surface area contributed by atoms with Gasteiger partial charge in [-0.05, 0) is 122 Å². The smallest absolute Gasteiger partial charge is 0.472 e. The normalized spacial score (nSPS) is 15.0. The molecule has 0 amide bonds. The molecule has 0 aromatic heterocycles. The fourth-order valence-electron chi connectivity index (χ4n) is 5.58. The van der Waals surface area contributed by atoms with Crippen molar-refractivity contribution in [2.75, 3.05) is 26.4 Å². The second kappa shape index (κ2) is 49.5. The molecule has 0 aliphatic carbocycles. The minimum absolute atomic E-state index is 0.0442. The SMILES string of the molecule is CC/C=C\C/C=C\C/C=C\C/C=C\C/C=C\C/C=C\C/C=C\CCCCOCC(COP(=O)(O)OCC(N)C(=O)O)OC(=O)CCCC/C=C\C/C=C\C/C=C\C/C=C\C/C=C\C/C=C\CC. The Morgan fingerprint density at radius 1 is 0.478 bits per heavy atom. The number of rotatable bonds is 44. The van der Waals surface area contributed by atoms with E-state index in [1.807, 2.05) is 0 Å². The third-order valence-electron chi connectivity index (χ3n) is 9.30. The first-order chi connectivity index (χ1) is 32.7. The van der Waals surface area contributed by atoms with Crippen LogP contribution in [0.5, 0.6) is 0 Å². The quantitative estimate of drug-likeness (QED) is 0.0233. The first-order valence-corrected chi connectivity index (χ1v) is 26.0. The summed E-state index contributed by atoms with van der Waals surface area (Å²) in [5.41, 5.74) is 5.36. The van der Waals surface area contributed by atoms with Crippen molar-refractivity contribution in [1.82, 2.24) is 0 Å². The molecule has 11 heteroatoms. The van der Waals surface area contributed by atoms with Crippen molar-refractivity contribution in [3.63, 3.8) is 0 Å². The van der Waals surface area contributed by atoms with Gasteiger partial charge in [0, 0.05) is 13.0 Å². The van der Waals surface area contributed by atoms with Crippen LogP contribution in [0.2, 0.25) is 0 Å². The molecule has 374 valence electrons. The highest BCUT2D eigenvalue weighted by Crippen LogP contribution is 2.43. The number of phosphoric ester groups is 1. The molecule has 0 aliphatic heterocycles. The van der Waals surface area contributed by atoms with E-state index in [-0.39, 0.29) is 13.0 Å². The number of hydrogen-bond donors (Lipinski definition) is 3. The molecule has 3 atom stereocenters. The summed E-state index contributed by atoms with van der Waals surface area (Å²) < 4.78 is 33.4. The van der Waals surface area contributed by atoms with E-state index in [1.54, 1.807) is 0 Å². The average Bonchev–Trinajstić information content (AvgIpc) is 3.31. The topological polar surface area (TPSA) is 155 Å². The summed E-state index contributed by atoms with van der Waals surface area (Å²) in [6, 6.07) is -1.50. The zero-order chi connectivity index (χ0) is 49.0. The number of ether oxygens (including phenoxy) is 2. The van der Waals surface area contributed by atoms with E-state index in [2.05, 4.69) is 172 Å². The Labute approximate surface area is 405 Å². The Hall–Kier alpha value is -4.41. The van der Waals surface area contributed by atoms with Crippen molar-refractivity contribution >= 4 is 19.8 Å². The van der Waals surface area contributed by atoms with Crippen molar-refractivity contribution < 1.29 is 42.7 Å². The molecule has 3 unspecified atom stereocenters.